The minimum atomic E-state index is -0.379. The number of nitrogens with two attached hydrogens (primary N) is 1. The van der Waals surface area contributed by atoms with Gasteiger partial charge >= 0.3 is 0 Å². The van der Waals surface area contributed by atoms with Crippen LogP contribution in [0.3, 0.4) is 0 Å². The molecule has 0 atom stereocenters. The third-order valence-corrected chi connectivity index (χ3v) is 4.60. The van der Waals surface area contributed by atoms with Crippen molar-refractivity contribution in [2.24, 2.45) is 5.10 Å². The Morgan fingerprint density at radius 3 is 2.91 bits per heavy atom. The highest BCUT2D eigenvalue weighted by atomic mass is 19.1. The lowest BCUT2D eigenvalue weighted by molar-refractivity contribution is -0.121. The van der Waals surface area contributed by atoms with Gasteiger partial charge in [-0.2, -0.15) is 5.10 Å². The van der Waals surface area contributed by atoms with Gasteiger partial charge in [0.25, 0.3) is 6.47 Å². The number of nitrogen functional groups attached to an aromatic ring is 1. The van der Waals surface area contributed by atoms with Crippen molar-refractivity contribution >= 4 is 29.1 Å². The largest absolute Gasteiger partial charge is 0.485 e. The van der Waals surface area contributed by atoms with Gasteiger partial charge in [-0.25, -0.2) is 14.1 Å². The molecule has 0 saturated heterocycles. The van der Waals surface area contributed by atoms with Gasteiger partial charge in [0.15, 0.2) is 11.6 Å². The van der Waals surface area contributed by atoms with Crippen molar-refractivity contribution in [2.75, 3.05) is 12.8 Å². The number of hydrazone groups is 1. The Morgan fingerprint density at radius 1 is 1.28 bits per heavy atom. The first-order valence-electron chi connectivity index (χ1n) is 9.55. The van der Waals surface area contributed by atoms with Crippen LogP contribution in [0.25, 0.3) is 16.6 Å². The van der Waals surface area contributed by atoms with Crippen molar-refractivity contribution in [3.05, 3.63) is 77.9 Å². The maximum atomic E-state index is 13.6. The van der Waals surface area contributed by atoms with Gasteiger partial charge in [0, 0.05) is 36.0 Å². The highest BCUT2D eigenvalue weighted by molar-refractivity contribution is 5.97. The fourth-order valence-electron chi connectivity index (χ4n) is 3.19. The number of anilines is 1. The number of aromatic nitrogens is 3. The molecule has 0 spiro atoms. The van der Waals surface area contributed by atoms with Crippen LogP contribution in [0, 0.1) is 5.82 Å². The van der Waals surface area contributed by atoms with E-state index in [1.807, 2.05) is 0 Å². The molecule has 0 aliphatic carbocycles. The molecule has 0 bridgehead atoms. The van der Waals surface area contributed by atoms with Crippen LogP contribution >= 0.6 is 0 Å². The number of fused-ring (bicyclic) bond motifs is 1. The van der Waals surface area contributed by atoms with E-state index in [1.165, 1.54) is 12.1 Å². The van der Waals surface area contributed by atoms with Gasteiger partial charge in [-0.3, -0.25) is 4.79 Å². The summed E-state index contributed by atoms with van der Waals surface area (Å²) in [6, 6.07) is 13.0. The molecule has 162 valence electrons. The predicted molar refractivity (Wildman–Crippen MR) is 117 cm³/mol. The summed E-state index contributed by atoms with van der Waals surface area (Å²) in [5.74, 6) is 0.212. The number of hydrogen-bond acceptors (Lipinski definition) is 8. The number of nitrogens with one attached hydrogen (secondary N) is 1. The zero-order valence-electron chi connectivity index (χ0n) is 17.0. The van der Waals surface area contributed by atoms with Crippen LogP contribution in [-0.4, -0.2) is 34.2 Å². The normalized spacial score (nSPS) is 11.4. The van der Waals surface area contributed by atoms with Crippen LogP contribution < -0.4 is 15.9 Å². The van der Waals surface area contributed by atoms with E-state index in [0.717, 1.165) is 5.69 Å². The summed E-state index contributed by atoms with van der Waals surface area (Å²) in [5.41, 5.74) is 11.2. The summed E-state index contributed by atoms with van der Waals surface area (Å²) >= 11 is 0. The maximum Gasteiger partial charge on any atom is 0.299 e. The number of carbonyl (C=O) groups excluding carboxylic acids is 1. The Kier molecular flexibility index (Phi) is 5.93. The number of hydrogen-bond donors (Lipinski definition) is 2. The molecule has 32 heavy (non-hydrogen) atoms. The average molecular weight is 434 g/mol. The first-order valence-corrected chi connectivity index (χ1v) is 9.55. The van der Waals surface area contributed by atoms with Gasteiger partial charge in [0.1, 0.15) is 12.4 Å². The molecule has 0 fully saturated rings. The molecule has 3 N–H and O–H groups in total. The number of rotatable bonds is 7. The lowest BCUT2D eigenvalue weighted by Gasteiger charge is -2.14. The summed E-state index contributed by atoms with van der Waals surface area (Å²) in [6.45, 7) is 0.387. The van der Waals surface area contributed by atoms with Gasteiger partial charge in [0.05, 0.1) is 11.2 Å². The zero-order valence-corrected chi connectivity index (χ0v) is 17.0. The first kappa shape index (κ1) is 20.8. The number of ether oxygens (including phenoxy) is 2. The second kappa shape index (κ2) is 9.13. The molecule has 9 nitrogen and oxygen atoms in total. The Bertz CT molecular complexity index is 1290. The number of carbonyl (C=O) groups is 1. The zero-order chi connectivity index (χ0) is 22.5. The highest BCUT2D eigenvalue weighted by Crippen LogP contribution is 2.27. The second-order valence-electron chi connectivity index (χ2n) is 6.65. The summed E-state index contributed by atoms with van der Waals surface area (Å²) in [4.78, 5) is 15.1. The average Bonchev–Trinajstić information content (AvgIpc) is 3.32. The molecule has 2 aromatic heterocycles. The van der Waals surface area contributed by atoms with Crippen LogP contribution in [0.5, 0.6) is 5.75 Å². The standard InChI is InChI=1S/C22H19FN6O3/c1-25-28-22(32-13-30)14-3-6-19(29-8-2-7-26-29)16(9-14)12-31-20-11-15-10-17(23)4-5-18(15)27-21(20)24/h2-11,13,25H,12H2,1H3,(H2,24,27)/b28-22-. The highest BCUT2D eigenvalue weighted by Gasteiger charge is 2.14. The molecule has 0 radical (unpaired) electrons. The fourth-order valence-corrected chi connectivity index (χ4v) is 3.19. The van der Waals surface area contributed by atoms with Crippen LogP contribution in [0.15, 0.2) is 66.0 Å². The minimum Gasteiger partial charge on any atom is -0.485 e. The van der Waals surface area contributed by atoms with Crippen molar-refractivity contribution in [1.82, 2.24) is 20.2 Å². The van der Waals surface area contributed by atoms with E-state index in [0.29, 0.717) is 34.3 Å². The lowest BCUT2D eigenvalue weighted by atomic mass is 10.1. The summed E-state index contributed by atoms with van der Waals surface area (Å²) < 4.78 is 26.2. The lowest BCUT2D eigenvalue weighted by Crippen LogP contribution is -2.13. The molecule has 0 amide bonds. The summed E-state index contributed by atoms with van der Waals surface area (Å²) in [6.07, 6.45) is 3.44. The van der Waals surface area contributed by atoms with Crippen molar-refractivity contribution in [3.63, 3.8) is 0 Å². The smallest absolute Gasteiger partial charge is 0.299 e. The molecule has 4 aromatic rings. The van der Waals surface area contributed by atoms with Crippen molar-refractivity contribution in [3.8, 4) is 11.4 Å². The first-order chi connectivity index (χ1) is 15.6. The maximum absolute atomic E-state index is 13.6. The van der Waals surface area contributed by atoms with E-state index >= 15 is 0 Å². The molecule has 4 rings (SSSR count). The van der Waals surface area contributed by atoms with Gasteiger partial charge < -0.3 is 20.6 Å². The number of halogens is 1. The summed E-state index contributed by atoms with van der Waals surface area (Å²) in [5, 5.41) is 8.81. The van der Waals surface area contributed by atoms with Crippen molar-refractivity contribution in [2.45, 2.75) is 6.61 Å². The Labute approximate surface area is 182 Å². The Hall–Kier alpha value is -4.47. The van der Waals surface area contributed by atoms with E-state index < -0.39 is 0 Å². The van der Waals surface area contributed by atoms with E-state index in [9.17, 15) is 9.18 Å². The van der Waals surface area contributed by atoms with Gasteiger partial charge in [-0.1, -0.05) is 0 Å². The topological polar surface area (TPSA) is 117 Å². The van der Waals surface area contributed by atoms with Gasteiger partial charge in [0.2, 0.25) is 5.90 Å². The van der Waals surface area contributed by atoms with E-state index in [4.69, 9.17) is 15.2 Å². The van der Waals surface area contributed by atoms with E-state index in [2.05, 4.69) is 20.6 Å². The minimum absolute atomic E-state index is 0.0870. The Balaban J connectivity index is 1.70. The number of nitrogens with zero attached hydrogens (tertiary/aromatic N) is 4. The third kappa shape index (κ3) is 4.33. The Morgan fingerprint density at radius 2 is 2.16 bits per heavy atom. The van der Waals surface area contributed by atoms with Crippen molar-refractivity contribution in [1.29, 1.82) is 0 Å². The van der Waals surface area contributed by atoms with Crippen LogP contribution in [0.4, 0.5) is 10.2 Å². The van der Waals surface area contributed by atoms with Crippen LogP contribution in [0.2, 0.25) is 0 Å². The van der Waals surface area contributed by atoms with Gasteiger partial charge in [-0.15, -0.1) is 5.10 Å². The van der Waals surface area contributed by atoms with E-state index in [-0.39, 0.29) is 24.1 Å². The molecule has 0 aliphatic heterocycles. The van der Waals surface area contributed by atoms with Crippen molar-refractivity contribution < 1.29 is 18.7 Å². The number of benzene rings is 2. The third-order valence-electron chi connectivity index (χ3n) is 4.60. The molecular weight excluding hydrogens is 415 g/mol. The molecule has 10 heteroatoms. The molecular formula is C22H19FN6O3. The van der Waals surface area contributed by atoms with Crippen LogP contribution in [-0.2, 0) is 16.1 Å². The van der Waals surface area contributed by atoms with E-state index in [1.54, 1.807) is 60.5 Å². The van der Waals surface area contributed by atoms with Crippen LogP contribution in [0.1, 0.15) is 11.1 Å². The summed E-state index contributed by atoms with van der Waals surface area (Å²) in [7, 11) is 1.59. The molecule has 0 aliphatic rings. The monoisotopic (exact) mass is 434 g/mol. The molecule has 0 unspecified atom stereocenters. The van der Waals surface area contributed by atoms with Gasteiger partial charge in [-0.05, 0) is 48.5 Å². The molecule has 2 aromatic carbocycles. The molecule has 0 saturated carbocycles. The quantitative estimate of drug-likeness (QED) is 0.199. The SMILES string of the molecule is CN/N=C(\OC=O)c1ccc(-n2cccn2)c(COc2cc3cc(F)ccc3nc2N)c1. The number of pyridine rings is 1. The predicted octanol–water partition coefficient (Wildman–Crippen LogP) is 2.77. The molecule has 2 heterocycles. The second-order valence-corrected chi connectivity index (χ2v) is 6.65. The fraction of sp³-hybridized carbons (Fsp3) is 0.0909.